The van der Waals surface area contributed by atoms with Crippen LogP contribution in [0, 0.1) is 0 Å². The molecule has 1 unspecified atom stereocenters. The van der Waals surface area contributed by atoms with Crippen LogP contribution in [0.25, 0.3) is 0 Å². The van der Waals surface area contributed by atoms with Gasteiger partial charge in [0, 0.05) is 4.90 Å². The molecule has 0 saturated heterocycles. The SMILES string of the molecule is CCc1cc(CC)cc(OP(=O)(Cl)Sc2cc(CC)cc(CC)c2)c1. The van der Waals surface area contributed by atoms with Crippen molar-refractivity contribution < 1.29 is 9.09 Å². The molecule has 2 nitrogen and oxygen atoms in total. The number of rotatable bonds is 8. The Labute approximate surface area is 160 Å². The molecule has 0 fully saturated rings. The summed E-state index contributed by atoms with van der Waals surface area (Å²) in [5.41, 5.74) is 4.77. The number of benzene rings is 2. The van der Waals surface area contributed by atoms with Gasteiger partial charge in [-0.05, 0) is 94.8 Å². The van der Waals surface area contributed by atoms with E-state index < -0.39 is 5.92 Å². The van der Waals surface area contributed by atoms with Crippen LogP contribution in [0.2, 0.25) is 0 Å². The summed E-state index contributed by atoms with van der Waals surface area (Å²) in [5.74, 6) is -2.78. The fraction of sp³-hybridized carbons (Fsp3) is 0.400. The first-order valence-electron chi connectivity index (χ1n) is 8.83. The molecule has 1 atom stereocenters. The summed E-state index contributed by atoms with van der Waals surface area (Å²) in [5, 5.41) is 0. The zero-order chi connectivity index (χ0) is 18.4. The van der Waals surface area contributed by atoms with Crippen LogP contribution < -0.4 is 4.52 Å². The third kappa shape index (κ3) is 6.09. The van der Waals surface area contributed by atoms with E-state index in [0.717, 1.165) is 53.1 Å². The molecule has 0 aromatic heterocycles. The van der Waals surface area contributed by atoms with Crippen molar-refractivity contribution in [1.29, 1.82) is 0 Å². The van der Waals surface area contributed by atoms with Crippen molar-refractivity contribution in [2.24, 2.45) is 0 Å². The predicted octanol–water partition coefficient (Wildman–Crippen LogP) is 7.45. The minimum Gasteiger partial charge on any atom is -0.425 e. The molecule has 0 N–H and O–H groups in total. The lowest BCUT2D eigenvalue weighted by molar-refractivity contribution is 0.513. The minimum absolute atomic E-state index is 0.587. The van der Waals surface area contributed by atoms with E-state index in [2.05, 4.69) is 39.8 Å². The van der Waals surface area contributed by atoms with Crippen LogP contribution in [0.5, 0.6) is 5.75 Å². The molecular weight excluding hydrogens is 371 g/mol. The molecule has 0 radical (unpaired) electrons. The van der Waals surface area contributed by atoms with Gasteiger partial charge in [0.25, 0.3) is 0 Å². The molecule has 136 valence electrons. The third-order valence-corrected chi connectivity index (χ3v) is 7.55. The van der Waals surface area contributed by atoms with Gasteiger partial charge in [-0.15, -0.1) is 0 Å². The lowest BCUT2D eigenvalue weighted by atomic mass is 10.1. The minimum atomic E-state index is -3.37. The van der Waals surface area contributed by atoms with E-state index >= 15 is 0 Å². The summed E-state index contributed by atoms with van der Waals surface area (Å²) < 4.78 is 18.6. The Hall–Kier alpha value is -0.890. The maximum absolute atomic E-state index is 12.9. The second-order valence-corrected chi connectivity index (χ2v) is 11.6. The highest BCUT2D eigenvalue weighted by molar-refractivity contribution is 8.63. The van der Waals surface area contributed by atoms with Gasteiger partial charge in [0.2, 0.25) is 0 Å². The molecule has 2 aromatic rings. The second kappa shape index (κ2) is 9.16. The topological polar surface area (TPSA) is 26.3 Å². The molecule has 0 spiro atoms. The molecular formula is C20H26ClO2PS. The molecule has 0 bridgehead atoms. The zero-order valence-electron chi connectivity index (χ0n) is 15.3. The molecule has 2 aromatic carbocycles. The molecule has 0 aliphatic heterocycles. The van der Waals surface area contributed by atoms with Gasteiger partial charge >= 0.3 is 5.92 Å². The van der Waals surface area contributed by atoms with Crippen LogP contribution in [-0.2, 0) is 30.2 Å². The van der Waals surface area contributed by atoms with Gasteiger partial charge < -0.3 is 4.52 Å². The molecule has 2 rings (SSSR count). The van der Waals surface area contributed by atoms with Gasteiger partial charge in [-0.2, -0.15) is 0 Å². The third-order valence-electron chi connectivity index (χ3n) is 4.11. The van der Waals surface area contributed by atoms with Crippen molar-refractivity contribution in [3.05, 3.63) is 58.7 Å². The molecule has 0 amide bonds. The summed E-state index contributed by atoms with van der Waals surface area (Å²) in [6, 6.07) is 12.3. The van der Waals surface area contributed by atoms with Crippen LogP contribution in [0.1, 0.15) is 49.9 Å². The predicted molar refractivity (Wildman–Crippen MR) is 110 cm³/mol. The van der Waals surface area contributed by atoms with Crippen molar-refractivity contribution in [2.75, 3.05) is 0 Å². The Balaban J connectivity index is 2.24. The maximum atomic E-state index is 12.9. The van der Waals surface area contributed by atoms with Gasteiger partial charge in [0.05, 0.1) is 0 Å². The molecule has 0 aliphatic rings. The highest BCUT2D eigenvalue weighted by atomic mass is 35.7. The summed E-state index contributed by atoms with van der Waals surface area (Å²) in [4.78, 5) is 0.900. The van der Waals surface area contributed by atoms with Crippen molar-refractivity contribution in [1.82, 2.24) is 0 Å². The van der Waals surface area contributed by atoms with Crippen LogP contribution in [0.15, 0.2) is 41.3 Å². The molecule has 5 heteroatoms. The van der Waals surface area contributed by atoms with Crippen molar-refractivity contribution in [3.8, 4) is 5.75 Å². The number of aryl methyl sites for hydroxylation is 4. The monoisotopic (exact) mass is 396 g/mol. The Kier molecular flexibility index (Phi) is 7.49. The quantitative estimate of drug-likeness (QED) is 0.433. The average molecular weight is 397 g/mol. The van der Waals surface area contributed by atoms with Crippen LogP contribution >= 0.6 is 28.5 Å². The van der Waals surface area contributed by atoms with E-state index in [-0.39, 0.29) is 0 Å². The van der Waals surface area contributed by atoms with Gasteiger partial charge in [-0.3, -0.25) is 0 Å². The Morgan fingerprint density at radius 2 is 1.20 bits per heavy atom. The Morgan fingerprint density at radius 3 is 1.60 bits per heavy atom. The largest absolute Gasteiger partial charge is 0.425 e. The van der Waals surface area contributed by atoms with Crippen molar-refractivity contribution in [3.63, 3.8) is 0 Å². The van der Waals surface area contributed by atoms with Crippen molar-refractivity contribution in [2.45, 2.75) is 58.3 Å². The average Bonchev–Trinajstić information content (AvgIpc) is 2.59. The summed E-state index contributed by atoms with van der Waals surface area (Å²) in [6.45, 7) is 8.41. The van der Waals surface area contributed by atoms with Crippen LogP contribution in [0.3, 0.4) is 0 Å². The Bertz CT molecular complexity index is 670. The Morgan fingerprint density at radius 1 is 0.800 bits per heavy atom. The lowest BCUT2D eigenvalue weighted by Crippen LogP contribution is -1.92. The van der Waals surface area contributed by atoms with Gasteiger partial charge in [-0.25, -0.2) is 4.57 Å². The fourth-order valence-corrected chi connectivity index (χ4v) is 6.10. The van der Waals surface area contributed by atoms with E-state index in [1.165, 1.54) is 11.1 Å². The number of halogens is 1. The van der Waals surface area contributed by atoms with Gasteiger partial charge in [-0.1, -0.05) is 39.8 Å². The van der Waals surface area contributed by atoms with Gasteiger partial charge in [0.1, 0.15) is 5.75 Å². The highest BCUT2D eigenvalue weighted by Gasteiger charge is 2.24. The molecule has 25 heavy (non-hydrogen) atoms. The van der Waals surface area contributed by atoms with E-state index in [1.807, 2.05) is 24.3 Å². The zero-order valence-corrected chi connectivity index (χ0v) is 17.8. The fourth-order valence-electron chi connectivity index (χ4n) is 2.65. The highest BCUT2D eigenvalue weighted by Crippen LogP contribution is 2.66. The van der Waals surface area contributed by atoms with Crippen LogP contribution in [0.4, 0.5) is 0 Å². The maximum Gasteiger partial charge on any atom is 0.398 e. The van der Waals surface area contributed by atoms with E-state index in [0.29, 0.717) is 5.75 Å². The molecule has 0 saturated carbocycles. The standard InChI is InChI=1S/C20H26ClO2PS/c1-5-15-9-16(6-2)12-19(11-15)23-24(21,22)25-20-13-17(7-3)10-18(8-4)14-20/h9-14H,5-8H2,1-4H3. The van der Waals surface area contributed by atoms with Crippen molar-refractivity contribution >= 4 is 28.5 Å². The number of hydrogen-bond acceptors (Lipinski definition) is 3. The molecule has 0 aliphatic carbocycles. The lowest BCUT2D eigenvalue weighted by Gasteiger charge is -2.15. The summed E-state index contributed by atoms with van der Waals surface area (Å²) in [7, 11) is 0. The first kappa shape index (κ1) is 20.4. The van der Waals surface area contributed by atoms with E-state index in [1.54, 1.807) is 0 Å². The van der Waals surface area contributed by atoms with E-state index in [4.69, 9.17) is 15.8 Å². The van der Waals surface area contributed by atoms with E-state index in [9.17, 15) is 4.57 Å². The van der Waals surface area contributed by atoms with Crippen LogP contribution in [-0.4, -0.2) is 0 Å². The normalized spacial score (nSPS) is 13.5. The number of hydrogen-bond donors (Lipinski definition) is 0. The summed E-state index contributed by atoms with van der Waals surface area (Å²) >= 11 is 7.41. The first-order chi connectivity index (χ1) is 11.9. The first-order valence-corrected chi connectivity index (χ1v) is 12.8. The van der Waals surface area contributed by atoms with Gasteiger partial charge in [0.15, 0.2) is 0 Å². The molecule has 0 heterocycles. The summed E-state index contributed by atoms with van der Waals surface area (Å²) in [6.07, 6.45) is 3.69. The smallest absolute Gasteiger partial charge is 0.398 e. The second-order valence-electron chi connectivity index (χ2n) is 6.00.